The summed E-state index contributed by atoms with van der Waals surface area (Å²) in [5.74, 6) is 0.000328. The summed E-state index contributed by atoms with van der Waals surface area (Å²) in [6, 6.07) is 16.4. The first-order chi connectivity index (χ1) is 20.7. The van der Waals surface area contributed by atoms with Crippen LogP contribution >= 0.6 is 27.5 Å². The molecule has 13 heteroatoms. The van der Waals surface area contributed by atoms with E-state index in [4.69, 9.17) is 30.5 Å². The number of nitrogens with zero attached hydrogens (tertiary/aromatic N) is 1. The number of hydrogen-bond acceptors (Lipinski definition) is 8. The van der Waals surface area contributed by atoms with Crippen LogP contribution in [0.25, 0.3) is 0 Å². The Morgan fingerprint density at radius 2 is 1.81 bits per heavy atom. The van der Waals surface area contributed by atoms with E-state index in [-0.39, 0.29) is 30.3 Å². The smallest absolute Gasteiger partial charge is 0.337 e. The SMILES string of the molecule is COC(=O)C1=C(C)NC(=O)N[C@@H]1c1ccc(OCC(=O)N/N=C\c2cc(Br)ccc2OCc2ccccc2Cl)c(OC)c1. The second-order valence-corrected chi connectivity index (χ2v) is 10.4. The lowest BCUT2D eigenvalue weighted by Crippen LogP contribution is -2.45. The van der Waals surface area contributed by atoms with Gasteiger partial charge in [-0.1, -0.05) is 51.8 Å². The van der Waals surface area contributed by atoms with E-state index in [1.165, 1.54) is 20.4 Å². The van der Waals surface area contributed by atoms with Gasteiger partial charge in [-0.25, -0.2) is 15.0 Å². The Bertz CT molecular complexity index is 1590. The van der Waals surface area contributed by atoms with E-state index in [2.05, 4.69) is 37.1 Å². The maximum Gasteiger partial charge on any atom is 0.337 e. The van der Waals surface area contributed by atoms with Crippen LogP contribution in [0, 0.1) is 0 Å². The number of halogens is 2. The minimum atomic E-state index is -0.779. The number of ether oxygens (including phenoxy) is 4. The number of urea groups is 1. The van der Waals surface area contributed by atoms with Crippen molar-refractivity contribution in [1.82, 2.24) is 16.1 Å². The number of benzene rings is 3. The van der Waals surface area contributed by atoms with Crippen LogP contribution in [0.4, 0.5) is 4.79 Å². The van der Waals surface area contributed by atoms with Crippen LogP contribution in [-0.4, -0.2) is 44.9 Å². The topological polar surface area (TPSA) is 137 Å². The molecule has 1 aliphatic rings. The van der Waals surface area contributed by atoms with Crippen molar-refractivity contribution in [1.29, 1.82) is 0 Å². The van der Waals surface area contributed by atoms with Crippen molar-refractivity contribution in [2.75, 3.05) is 20.8 Å². The normalized spacial score (nSPS) is 14.5. The molecule has 224 valence electrons. The predicted octanol–water partition coefficient (Wildman–Crippen LogP) is 5.02. The highest BCUT2D eigenvalue weighted by atomic mass is 79.9. The Morgan fingerprint density at radius 1 is 1.05 bits per heavy atom. The number of hydrogen-bond donors (Lipinski definition) is 3. The van der Waals surface area contributed by atoms with Crippen LogP contribution in [0.2, 0.25) is 5.02 Å². The Kier molecular flexibility index (Phi) is 10.6. The fourth-order valence-corrected chi connectivity index (χ4v) is 4.75. The summed E-state index contributed by atoms with van der Waals surface area (Å²) in [7, 11) is 2.69. The van der Waals surface area contributed by atoms with Crippen molar-refractivity contribution in [3.63, 3.8) is 0 Å². The van der Waals surface area contributed by atoms with Crippen LogP contribution in [-0.2, 0) is 20.9 Å². The highest BCUT2D eigenvalue weighted by Crippen LogP contribution is 2.34. The number of esters is 1. The third kappa shape index (κ3) is 8.05. The molecule has 0 aromatic heterocycles. The summed E-state index contributed by atoms with van der Waals surface area (Å²) in [5.41, 5.74) is 5.06. The summed E-state index contributed by atoms with van der Waals surface area (Å²) in [4.78, 5) is 37.0. The largest absolute Gasteiger partial charge is 0.493 e. The van der Waals surface area contributed by atoms with Crippen LogP contribution in [0.15, 0.2) is 81.5 Å². The molecule has 0 fully saturated rings. The zero-order chi connectivity index (χ0) is 30.9. The molecular formula is C30H28BrClN4O7. The number of rotatable bonds is 11. The Morgan fingerprint density at radius 3 is 2.56 bits per heavy atom. The summed E-state index contributed by atoms with van der Waals surface area (Å²) in [6.07, 6.45) is 1.46. The molecule has 0 spiro atoms. The van der Waals surface area contributed by atoms with E-state index in [1.807, 2.05) is 24.3 Å². The summed E-state index contributed by atoms with van der Waals surface area (Å²) < 4.78 is 22.7. The molecule has 3 aromatic rings. The van der Waals surface area contributed by atoms with Crippen molar-refractivity contribution in [2.45, 2.75) is 19.6 Å². The maximum atomic E-state index is 12.5. The maximum absolute atomic E-state index is 12.5. The molecule has 4 rings (SSSR count). The Labute approximate surface area is 261 Å². The van der Waals surface area contributed by atoms with Gasteiger partial charge in [0, 0.05) is 26.3 Å². The number of methoxy groups -OCH3 is 2. The summed E-state index contributed by atoms with van der Waals surface area (Å²) in [5, 5.41) is 9.91. The molecule has 3 N–H and O–H groups in total. The number of carbonyl (C=O) groups is 3. The van der Waals surface area contributed by atoms with Crippen molar-refractivity contribution in [3.05, 3.63) is 98.1 Å². The van der Waals surface area contributed by atoms with E-state index in [0.29, 0.717) is 27.6 Å². The van der Waals surface area contributed by atoms with Gasteiger partial charge in [0.15, 0.2) is 18.1 Å². The van der Waals surface area contributed by atoms with Gasteiger partial charge < -0.3 is 29.6 Å². The number of hydrazone groups is 1. The standard InChI is InChI=1S/C30H28BrClN4O7/c1-17-27(29(38)41-3)28(35-30(39)34-17)18-8-10-24(25(13-18)40-2)43-16-26(37)36-33-14-20-12-21(31)9-11-23(20)42-15-19-6-4-5-7-22(19)32/h4-14,28H,15-16H2,1-3H3,(H,36,37)(H2,34,35,39)/b33-14-/t28-/m1/s1. The van der Waals surface area contributed by atoms with Crippen LogP contribution in [0.5, 0.6) is 17.2 Å². The Hall–Kier alpha value is -4.55. The van der Waals surface area contributed by atoms with Gasteiger partial charge in [-0.15, -0.1) is 0 Å². The van der Waals surface area contributed by atoms with Gasteiger partial charge in [-0.05, 0) is 48.9 Å². The predicted molar refractivity (Wildman–Crippen MR) is 163 cm³/mol. The molecule has 1 aliphatic heterocycles. The van der Waals surface area contributed by atoms with Gasteiger partial charge in [-0.2, -0.15) is 5.10 Å². The molecule has 1 heterocycles. The molecular weight excluding hydrogens is 644 g/mol. The second kappa shape index (κ2) is 14.6. The van der Waals surface area contributed by atoms with Crippen LogP contribution in [0.3, 0.4) is 0 Å². The molecule has 0 unspecified atom stereocenters. The third-order valence-corrected chi connectivity index (χ3v) is 7.12. The lowest BCUT2D eigenvalue weighted by atomic mass is 9.95. The number of allylic oxidation sites excluding steroid dienone is 1. The van der Waals surface area contributed by atoms with Gasteiger partial charge in [0.25, 0.3) is 5.91 Å². The van der Waals surface area contributed by atoms with Crippen molar-refractivity contribution in [2.24, 2.45) is 5.10 Å². The zero-order valence-electron chi connectivity index (χ0n) is 23.4. The fraction of sp³-hybridized carbons (Fsp3) is 0.200. The van der Waals surface area contributed by atoms with E-state index in [1.54, 1.807) is 43.3 Å². The quantitative estimate of drug-likeness (QED) is 0.148. The molecule has 0 saturated heterocycles. The van der Waals surface area contributed by atoms with Crippen molar-refractivity contribution in [3.8, 4) is 17.2 Å². The average Bonchev–Trinajstić information content (AvgIpc) is 2.99. The van der Waals surface area contributed by atoms with Gasteiger partial charge in [0.1, 0.15) is 12.4 Å². The van der Waals surface area contributed by atoms with Gasteiger partial charge in [0.05, 0.1) is 32.0 Å². The monoisotopic (exact) mass is 670 g/mol. The van der Waals surface area contributed by atoms with Crippen molar-refractivity contribution < 1.29 is 33.3 Å². The molecule has 11 nitrogen and oxygen atoms in total. The van der Waals surface area contributed by atoms with Crippen molar-refractivity contribution >= 4 is 51.7 Å². The minimum Gasteiger partial charge on any atom is -0.493 e. The molecule has 3 aromatic carbocycles. The molecule has 0 aliphatic carbocycles. The van der Waals surface area contributed by atoms with E-state index in [9.17, 15) is 14.4 Å². The second-order valence-electron chi connectivity index (χ2n) is 9.12. The lowest BCUT2D eigenvalue weighted by Gasteiger charge is -2.28. The molecule has 1 atom stereocenters. The minimum absolute atomic E-state index is 0.248. The number of amides is 3. The highest BCUT2D eigenvalue weighted by molar-refractivity contribution is 9.10. The summed E-state index contributed by atoms with van der Waals surface area (Å²) in [6.45, 7) is 1.50. The average molecular weight is 672 g/mol. The van der Waals surface area contributed by atoms with Gasteiger partial charge in [-0.3, -0.25) is 4.79 Å². The number of nitrogens with one attached hydrogen (secondary N) is 3. The van der Waals surface area contributed by atoms with Gasteiger partial charge in [0.2, 0.25) is 0 Å². The first-order valence-corrected chi connectivity index (χ1v) is 14.0. The highest BCUT2D eigenvalue weighted by Gasteiger charge is 2.32. The molecule has 43 heavy (non-hydrogen) atoms. The van der Waals surface area contributed by atoms with Crippen LogP contribution in [0.1, 0.15) is 29.7 Å². The fourth-order valence-electron chi connectivity index (χ4n) is 4.18. The first-order valence-electron chi connectivity index (χ1n) is 12.8. The summed E-state index contributed by atoms with van der Waals surface area (Å²) >= 11 is 9.66. The number of carbonyl (C=O) groups excluding carboxylic acids is 3. The Balaban J connectivity index is 1.39. The molecule has 0 saturated carbocycles. The zero-order valence-corrected chi connectivity index (χ0v) is 25.7. The lowest BCUT2D eigenvalue weighted by molar-refractivity contribution is -0.136. The molecule has 3 amide bonds. The van der Waals surface area contributed by atoms with E-state index < -0.39 is 23.9 Å². The molecule has 0 radical (unpaired) electrons. The third-order valence-electron chi connectivity index (χ3n) is 6.26. The van der Waals surface area contributed by atoms with Gasteiger partial charge >= 0.3 is 12.0 Å². The molecule has 0 bridgehead atoms. The first kappa shape index (κ1) is 31.4. The van der Waals surface area contributed by atoms with E-state index in [0.717, 1.165) is 10.0 Å². The van der Waals surface area contributed by atoms with Crippen LogP contribution < -0.4 is 30.3 Å². The van der Waals surface area contributed by atoms with E-state index >= 15 is 0 Å².